The maximum atomic E-state index is 12.6. The molecule has 0 saturated carbocycles. The Hall–Kier alpha value is -2.77. The molecule has 1 N–H and O–H groups in total. The number of carbonyl (C=O) groups excluding carboxylic acids is 3. The first-order chi connectivity index (χ1) is 12.6. The third kappa shape index (κ3) is 3.89. The van der Waals surface area contributed by atoms with Gasteiger partial charge in [0.25, 0.3) is 0 Å². The number of hydrogen-bond acceptors (Lipinski definition) is 4. The van der Waals surface area contributed by atoms with Crippen LogP contribution < -0.4 is 10.2 Å². The van der Waals surface area contributed by atoms with E-state index in [9.17, 15) is 14.4 Å². The molecule has 3 rings (SSSR count). The van der Waals surface area contributed by atoms with Crippen LogP contribution in [0.15, 0.2) is 24.3 Å². The van der Waals surface area contributed by atoms with Gasteiger partial charge in [0.2, 0.25) is 5.91 Å². The van der Waals surface area contributed by atoms with E-state index in [0.717, 1.165) is 12.1 Å². The molecule has 0 unspecified atom stereocenters. The van der Waals surface area contributed by atoms with Gasteiger partial charge in [0.05, 0.1) is 18.0 Å². The quantitative estimate of drug-likeness (QED) is 0.895. The molecule has 2 fully saturated rings. The first-order valence-electron chi connectivity index (χ1n) is 8.97. The van der Waals surface area contributed by atoms with Crippen molar-refractivity contribution in [1.29, 1.82) is 0 Å². The molecule has 2 aliphatic rings. The number of ether oxygens (including phenoxy) is 1. The summed E-state index contributed by atoms with van der Waals surface area (Å²) in [6.07, 6.45) is 1.03. The Labute approximate surface area is 152 Å². The Morgan fingerprint density at radius 2 is 1.77 bits per heavy atom. The molecule has 0 aromatic heterocycles. The summed E-state index contributed by atoms with van der Waals surface area (Å²) in [5.74, 6) is 0.0785. The van der Waals surface area contributed by atoms with Gasteiger partial charge in [0.15, 0.2) is 0 Å². The van der Waals surface area contributed by atoms with Crippen molar-refractivity contribution in [3.05, 3.63) is 24.3 Å². The van der Waals surface area contributed by atoms with Gasteiger partial charge >= 0.3 is 12.1 Å². The number of nitrogens with zero attached hydrogens (tertiary/aromatic N) is 3. The van der Waals surface area contributed by atoms with E-state index in [1.54, 1.807) is 27.7 Å². The lowest BCUT2D eigenvalue weighted by molar-refractivity contribution is -0.117. The van der Waals surface area contributed by atoms with Gasteiger partial charge in [-0.15, -0.1) is 0 Å². The maximum absolute atomic E-state index is 12.6. The van der Waals surface area contributed by atoms with Gasteiger partial charge < -0.3 is 24.8 Å². The standard InChI is InChI=1S/C18H24N4O4/c1-2-26-18(25)21-12-10-20(11-13-21)17(24)19-14-6-3-4-7-15(14)22-9-5-8-16(22)23/h3-4,6-7H,2,5,8-13H2,1H3,(H,19,24). The van der Waals surface area contributed by atoms with Gasteiger partial charge in [-0.25, -0.2) is 9.59 Å². The number of rotatable bonds is 3. The summed E-state index contributed by atoms with van der Waals surface area (Å²) in [6.45, 7) is 4.54. The van der Waals surface area contributed by atoms with Crippen LogP contribution in [0.5, 0.6) is 0 Å². The molecule has 0 bridgehead atoms. The normalized spacial score (nSPS) is 17.4. The molecule has 26 heavy (non-hydrogen) atoms. The predicted octanol–water partition coefficient (Wildman–Crippen LogP) is 2.12. The van der Waals surface area contributed by atoms with Crippen LogP contribution in [0.25, 0.3) is 0 Å². The highest BCUT2D eigenvalue weighted by Crippen LogP contribution is 2.29. The van der Waals surface area contributed by atoms with Crippen LogP contribution in [0.3, 0.4) is 0 Å². The average molecular weight is 360 g/mol. The van der Waals surface area contributed by atoms with Gasteiger partial charge in [-0.2, -0.15) is 0 Å². The smallest absolute Gasteiger partial charge is 0.409 e. The number of piperazine rings is 1. The molecule has 1 aromatic carbocycles. The van der Waals surface area contributed by atoms with E-state index >= 15 is 0 Å². The second-order valence-corrected chi connectivity index (χ2v) is 6.27. The molecule has 0 spiro atoms. The van der Waals surface area contributed by atoms with E-state index < -0.39 is 0 Å². The number of para-hydroxylation sites is 2. The molecule has 2 aliphatic heterocycles. The highest BCUT2D eigenvalue weighted by atomic mass is 16.6. The second-order valence-electron chi connectivity index (χ2n) is 6.27. The second kappa shape index (κ2) is 8.07. The largest absolute Gasteiger partial charge is 0.450 e. The van der Waals surface area contributed by atoms with Crippen LogP contribution in [0.1, 0.15) is 19.8 Å². The van der Waals surface area contributed by atoms with E-state index in [4.69, 9.17) is 4.74 Å². The fourth-order valence-corrected chi connectivity index (χ4v) is 3.22. The zero-order valence-electron chi connectivity index (χ0n) is 14.9. The van der Waals surface area contributed by atoms with E-state index in [1.165, 1.54) is 0 Å². The first-order valence-corrected chi connectivity index (χ1v) is 8.97. The van der Waals surface area contributed by atoms with E-state index in [-0.39, 0.29) is 18.0 Å². The number of benzene rings is 1. The molecule has 1 aromatic rings. The molecule has 4 amide bonds. The molecule has 0 atom stereocenters. The lowest BCUT2D eigenvalue weighted by Crippen LogP contribution is -2.51. The number of hydrogen-bond donors (Lipinski definition) is 1. The Balaban J connectivity index is 1.61. The van der Waals surface area contributed by atoms with Crippen LogP contribution in [-0.4, -0.2) is 67.2 Å². The summed E-state index contributed by atoms with van der Waals surface area (Å²) in [6, 6.07) is 7.10. The molecule has 8 heteroatoms. The molecule has 0 radical (unpaired) electrons. The summed E-state index contributed by atoms with van der Waals surface area (Å²) in [7, 11) is 0. The van der Waals surface area contributed by atoms with Gasteiger partial charge in [0, 0.05) is 39.1 Å². The minimum absolute atomic E-state index is 0.0785. The van der Waals surface area contributed by atoms with Crippen LogP contribution in [0, 0.1) is 0 Å². The van der Waals surface area contributed by atoms with Gasteiger partial charge in [-0.3, -0.25) is 4.79 Å². The number of carbonyl (C=O) groups is 3. The zero-order chi connectivity index (χ0) is 18.5. The van der Waals surface area contributed by atoms with E-state index in [0.29, 0.717) is 51.4 Å². The highest BCUT2D eigenvalue weighted by Gasteiger charge is 2.27. The van der Waals surface area contributed by atoms with Crippen LogP contribution in [0.4, 0.5) is 21.0 Å². The summed E-state index contributed by atoms with van der Waals surface area (Å²) >= 11 is 0. The molecular formula is C18H24N4O4. The van der Waals surface area contributed by atoms with E-state index in [2.05, 4.69) is 5.32 Å². The highest BCUT2D eigenvalue weighted by molar-refractivity contribution is 6.01. The van der Waals surface area contributed by atoms with Gasteiger partial charge in [-0.05, 0) is 25.5 Å². The lowest BCUT2D eigenvalue weighted by Gasteiger charge is -2.34. The van der Waals surface area contributed by atoms with Crippen molar-refractivity contribution in [2.75, 3.05) is 49.5 Å². The first kappa shape index (κ1) is 18.0. The minimum atomic E-state index is -0.342. The Kier molecular flexibility index (Phi) is 5.60. The lowest BCUT2D eigenvalue weighted by atomic mass is 10.2. The maximum Gasteiger partial charge on any atom is 0.409 e. The SMILES string of the molecule is CCOC(=O)N1CCN(C(=O)Nc2ccccc2N2CCCC2=O)CC1. The third-order valence-electron chi connectivity index (χ3n) is 4.60. The molecular weight excluding hydrogens is 336 g/mol. The van der Waals surface area contributed by atoms with Crippen molar-refractivity contribution in [2.45, 2.75) is 19.8 Å². The van der Waals surface area contributed by atoms with Crippen molar-refractivity contribution in [2.24, 2.45) is 0 Å². The summed E-state index contributed by atoms with van der Waals surface area (Å²) in [5, 5.41) is 2.91. The third-order valence-corrected chi connectivity index (χ3v) is 4.60. The number of anilines is 2. The number of urea groups is 1. The van der Waals surface area contributed by atoms with Crippen molar-refractivity contribution in [3.8, 4) is 0 Å². The Morgan fingerprint density at radius 1 is 1.08 bits per heavy atom. The molecule has 2 heterocycles. The number of amides is 4. The monoisotopic (exact) mass is 360 g/mol. The molecule has 2 saturated heterocycles. The fourth-order valence-electron chi connectivity index (χ4n) is 3.22. The fraction of sp³-hybridized carbons (Fsp3) is 0.500. The Bertz CT molecular complexity index is 686. The number of nitrogens with one attached hydrogen (secondary N) is 1. The summed E-state index contributed by atoms with van der Waals surface area (Å²) in [5.41, 5.74) is 1.36. The Morgan fingerprint density at radius 3 is 2.42 bits per heavy atom. The molecule has 8 nitrogen and oxygen atoms in total. The van der Waals surface area contributed by atoms with Crippen molar-refractivity contribution >= 4 is 29.4 Å². The van der Waals surface area contributed by atoms with Gasteiger partial charge in [0.1, 0.15) is 0 Å². The summed E-state index contributed by atoms with van der Waals surface area (Å²) in [4.78, 5) is 41.3. The topological polar surface area (TPSA) is 82.2 Å². The van der Waals surface area contributed by atoms with Gasteiger partial charge in [-0.1, -0.05) is 12.1 Å². The zero-order valence-corrected chi connectivity index (χ0v) is 14.9. The van der Waals surface area contributed by atoms with Crippen molar-refractivity contribution < 1.29 is 19.1 Å². The van der Waals surface area contributed by atoms with Crippen LogP contribution >= 0.6 is 0 Å². The van der Waals surface area contributed by atoms with Crippen molar-refractivity contribution in [1.82, 2.24) is 9.80 Å². The summed E-state index contributed by atoms with van der Waals surface area (Å²) < 4.78 is 4.99. The van der Waals surface area contributed by atoms with E-state index in [1.807, 2.05) is 18.2 Å². The average Bonchev–Trinajstić information content (AvgIpc) is 3.08. The van der Waals surface area contributed by atoms with Crippen LogP contribution in [-0.2, 0) is 9.53 Å². The molecule has 140 valence electrons. The molecule has 0 aliphatic carbocycles. The minimum Gasteiger partial charge on any atom is -0.450 e. The predicted molar refractivity (Wildman–Crippen MR) is 97.2 cm³/mol. The van der Waals surface area contributed by atoms with Crippen LogP contribution in [0.2, 0.25) is 0 Å². The van der Waals surface area contributed by atoms with Crippen molar-refractivity contribution in [3.63, 3.8) is 0 Å².